The predicted molar refractivity (Wildman–Crippen MR) is 93.7 cm³/mol. The molecule has 1 aliphatic heterocycles. The van der Waals surface area contributed by atoms with Gasteiger partial charge in [0.25, 0.3) is 0 Å². The fourth-order valence-corrected chi connectivity index (χ4v) is 3.25. The monoisotopic (exact) mass is 323 g/mol. The van der Waals surface area contributed by atoms with Gasteiger partial charge in [-0.1, -0.05) is 0 Å². The van der Waals surface area contributed by atoms with Gasteiger partial charge in [0, 0.05) is 49.8 Å². The zero-order valence-electron chi connectivity index (χ0n) is 14.3. The van der Waals surface area contributed by atoms with Crippen molar-refractivity contribution in [1.29, 1.82) is 0 Å². The minimum Gasteiger partial charge on any atom is -0.353 e. The van der Waals surface area contributed by atoms with Crippen molar-refractivity contribution in [2.45, 2.75) is 20.8 Å². The Balaban J connectivity index is 1.56. The third-order valence-corrected chi connectivity index (χ3v) is 4.68. The molecule has 0 aromatic carbocycles. The average Bonchev–Trinajstić information content (AvgIpc) is 2.98. The van der Waals surface area contributed by atoms with Gasteiger partial charge in [-0.25, -0.2) is 19.5 Å². The summed E-state index contributed by atoms with van der Waals surface area (Å²) in [6.07, 6.45) is 5.37. The lowest BCUT2D eigenvalue weighted by atomic mass is 10.2. The number of fused-ring (bicyclic) bond motifs is 1. The first kappa shape index (κ1) is 14.9. The molecule has 1 aliphatic rings. The van der Waals surface area contributed by atoms with Crippen molar-refractivity contribution in [1.82, 2.24) is 24.6 Å². The number of rotatable bonds is 2. The molecule has 0 bridgehead atoms. The van der Waals surface area contributed by atoms with Crippen LogP contribution in [0.2, 0.25) is 0 Å². The molecule has 24 heavy (non-hydrogen) atoms. The molecule has 3 aromatic heterocycles. The van der Waals surface area contributed by atoms with Gasteiger partial charge in [-0.2, -0.15) is 5.10 Å². The number of anilines is 2. The van der Waals surface area contributed by atoms with Crippen LogP contribution in [0.25, 0.3) is 5.52 Å². The van der Waals surface area contributed by atoms with Crippen LogP contribution in [-0.2, 0) is 0 Å². The highest BCUT2D eigenvalue weighted by molar-refractivity contribution is 5.69. The summed E-state index contributed by atoms with van der Waals surface area (Å²) in [6, 6.07) is 2.09. The minimum absolute atomic E-state index is 0.916. The van der Waals surface area contributed by atoms with Gasteiger partial charge >= 0.3 is 0 Å². The molecule has 0 radical (unpaired) electrons. The molecule has 0 amide bonds. The summed E-state index contributed by atoms with van der Waals surface area (Å²) in [6.45, 7) is 9.81. The van der Waals surface area contributed by atoms with Crippen molar-refractivity contribution in [2.75, 3.05) is 36.0 Å². The lowest BCUT2D eigenvalue weighted by Gasteiger charge is -2.36. The third-order valence-electron chi connectivity index (χ3n) is 4.68. The summed E-state index contributed by atoms with van der Waals surface area (Å²) >= 11 is 0. The number of piperazine rings is 1. The maximum absolute atomic E-state index is 4.59. The van der Waals surface area contributed by atoms with Crippen LogP contribution in [0.4, 0.5) is 11.6 Å². The Morgan fingerprint density at radius 2 is 1.58 bits per heavy atom. The number of hydrogen-bond acceptors (Lipinski definition) is 6. The van der Waals surface area contributed by atoms with Crippen molar-refractivity contribution in [3.8, 4) is 0 Å². The average molecular weight is 323 g/mol. The van der Waals surface area contributed by atoms with Gasteiger partial charge in [0.15, 0.2) is 5.82 Å². The molecular weight excluding hydrogens is 302 g/mol. The van der Waals surface area contributed by atoms with Crippen molar-refractivity contribution >= 4 is 17.2 Å². The van der Waals surface area contributed by atoms with E-state index in [2.05, 4.69) is 42.8 Å². The molecule has 0 aliphatic carbocycles. The van der Waals surface area contributed by atoms with Gasteiger partial charge in [0.05, 0.1) is 5.69 Å². The van der Waals surface area contributed by atoms with Gasteiger partial charge in [-0.05, 0) is 26.8 Å². The lowest BCUT2D eigenvalue weighted by Crippen LogP contribution is -2.47. The highest BCUT2D eigenvalue weighted by Gasteiger charge is 2.22. The molecule has 4 heterocycles. The second-order valence-electron chi connectivity index (χ2n) is 6.25. The fraction of sp³-hybridized carbons (Fsp3) is 0.412. The van der Waals surface area contributed by atoms with Gasteiger partial charge in [0.2, 0.25) is 0 Å². The van der Waals surface area contributed by atoms with Crippen molar-refractivity contribution in [3.05, 3.63) is 41.7 Å². The minimum atomic E-state index is 0.916. The fourth-order valence-electron chi connectivity index (χ4n) is 3.25. The van der Waals surface area contributed by atoms with Crippen molar-refractivity contribution < 1.29 is 0 Å². The quantitative estimate of drug-likeness (QED) is 0.716. The third kappa shape index (κ3) is 2.46. The summed E-state index contributed by atoms with van der Waals surface area (Å²) in [4.78, 5) is 18.0. The zero-order valence-corrected chi connectivity index (χ0v) is 14.3. The molecule has 0 spiro atoms. The topological polar surface area (TPSA) is 62.5 Å². The van der Waals surface area contributed by atoms with E-state index in [4.69, 9.17) is 0 Å². The Hall–Kier alpha value is -2.70. The molecule has 0 atom stereocenters. The van der Waals surface area contributed by atoms with E-state index in [0.717, 1.165) is 60.3 Å². The second kappa shape index (κ2) is 5.74. The van der Waals surface area contributed by atoms with E-state index in [1.807, 2.05) is 30.8 Å². The van der Waals surface area contributed by atoms with E-state index in [1.54, 1.807) is 6.33 Å². The summed E-state index contributed by atoms with van der Waals surface area (Å²) in [5.74, 6) is 2.06. The van der Waals surface area contributed by atoms with E-state index >= 15 is 0 Å². The highest BCUT2D eigenvalue weighted by atomic mass is 15.3. The highest BCUT2D eigenvalue weighted by Crippen LogP contribution is 2.24. The molecule has 1 fully saturated rings. The standard InChI is InChI=1S/C17H21N7/c1-12-10-15-17(18-4-5-24(15)21-12)23-8-6-22(7-9-23)16-13(2)14(3)19-11-20-16/h4-5,10-11H,6-9H2,1-3H3. The number of aryl methyl sites for hydroxylation is 2. The Bertz CT molecular complexity index is 878. The van der Waals surface area contributed by atoms with Crippen LogP contribution in [0.15, 0.2) is 24.8 Å². The molecule has 124 valence electrons. The van der Waals surface area contributed by atoms with Crippen LogP contribution in [-0.4, -0.2) is 50.7 Å². The first-order chi connectivity index (χ1) is 11.6. The summed E-state index contributed by atoms with van der Waals surface area (Å²) < 4.78 is 1.90. The molecule has 0 N–H and O–H groups in total. The second-order valence-corrected chi connectivity index (χ2v) is 6.25. The molecule has 7 heteroatoms. The maximum Gasteiger partial charge on any atom is 0.154 e. The Morgan fingerprint density at radius 1 is 0.875 bits per heavy atom. The van der Waals surface area contributed by atoms with Crippen LogP contribution < -0.4 is 9.80 Å². The number of aromatic nitrogens is 5. The van der Waals surface area contributed by atoms with E-state index in [1.165, 1.54) is 0 Å². The van der Waals surface area contributed by atoms with Gasteiger partial charge in [0.1, 0.15) is 17.7 Å². The zero-order chi connectivity index (χ0) is 16.7. The normalized spacial score (nSPS) is 15.3. The molecule has 4 rings (SSSR count). The maximum atomic E-state index is 4.59. The van der Waals surface area contributed by atoms with Crippen LogP contribution in [0, 0.1) is 20.8 Å². The largest absolute Gasteiger partial charge is 0.353 e. The van der Waals surface area contributed by atoms with Gasteiger partial charge < -0.3 is 9.80 Å². The van der Waals surface area contributed by atoms with Crippen molar-refractivity contribution in [3.63, 3.8) is 0 Å². The van der Waals surface area contributed by atoms with E-state index in [0.29, 0.717) is 0 Å². The summed E-state index contributed by atoms with van der Waals surface area (Å²) in [7, 11) is 0. The summed E-state index contributed by atoms with van der Waals surface area (Å²) in [5.41, 5.74) is 4.29. The molecule has 3 aromatic rings. The molecular formula is C17H21N7. The van der Waals surface area contributed by atoms with Crippen LogP contribution >= 0.6 is 0 Å². The van der Waals surface area contributed by atoms with E-state index in [-0.39, 0.29) is 0 Å². The van der Waals surface area contributed by atoms with Crippen LogP contribution in [0.1, 0.15) is 17.0 Å². The Morgan fingerprint density at radius 3 is 2.33 bits per heavy atom. The Kier molecular flexibility index (Phi) is 3.55. The molecule has 0 unspecified atom stereocenters. The first-order valence-electron chi connectivity index (χ1n) is 8.22. The van der Waals surface area contributed by atoms with E-state index < -0.39 is 0 Å². The van der Waals surface area contributed by atoms with Gasteiger partial charge in [-0.3, -0.25) is 0 Å². The lowest BCUT2D eigenvalue weighted by molar-refractivity contribution is 0.639. The van der Waals surface area contributed by atoms with Crippen LogP contribution in [0.5, 0.6) is 0 Å². The van der Waals surface area contributed by atoms with E-state index in [9.17, 15) is 0 Å². The van der Waals surface area contributed by atoms with Crippen molar-refractivity contribution in [2.24, 2.45) is 0 Å². The molecule has 7 nitrogen and oxygen atoms in total. The summed E-state index contributed by atoms with van der Waals surface area (Å²) in [5, 5.41) is 4.48. The molecule has 1 saturated heterocycles. The van der Waals surface area contributed by atoms with Gasteiger partial charge in [-0.15, -0.1) is 0 Å². The molecule has 0 saturated carbocycles. The Labute approximate surface area is 141 Å². The smallest absolute Gasteiger partial charge is 0.154 e. The number of nitrogens with zero attached hydrogens (tertiary/aromatic N) is 7. The predicted octanol–water partition coefficient (Wildman–Crippen LogP) is 1.77. The number of hydrogen-bond donors (Lipinski definition) is 0. The SMILES string of the molecule is Cc1cc2c(N3CCN(c4ncnc(C)c4C)CC3)nccn2n1. The first-order valence-corrected chi connectivity index (χ1v) is 8.22. The van der Waals surface area contributed by atoms with Crippen LogP contribution in [0.3, 0.4) is 0 Å².